The number of aryl methyl sites for hydroxylation is 1. The fourth-order valence-electron chi connectivity index (χ4n) is 2.49. The van der Waals surface area contributed by atoms with E-state index < -0.39 is 0 Å². The van der Waals surface area contributed by atoms with Crippen molar-refractivity contribution in [1.82, 2.24) is 9.78 Å². The number of ketones is 1. The summed E-state index contributed by atoms with van der Waals surface area (Å²) in [5, 5.41) is 4.21. The van der Waals surface area contributed by atoms with E-state index in [9.17, 15) is 4.79 Å². The normalized spacial score (nSPS) is 11.1. The van der Waals surface area contributed by atoms with E-state index in [0.717, 1.165) is 36.6 Å². The van der Waals surface area contributed by atoms with Gasteiger partial charge in [-0.1, -0.05) is 38.0 Å². The second kappa shape index (κ2) is 9.06. The third-order valence-electron chi connectivity index (χ3n) is 3.99. The average molecular weight is 326 g/mol. The lowest BCUT2D eigenvalue weighted by Crippen LogP contribution is -2.01. The molecule has 128 valence electrons. The van der Waals surface area contributed by atoms with E-state index in [2.05, 4.69) is 12.0 Å². The summed E-state index contributed by atoms with van der Waals surface area (Å²) in [6.45, 7) is 7.63. The largest absolute Gasteiger partial charge is 0.494 e. The Labute approximate surface area is 144 Å². The van der Waals surface area contributed by atoms with Crippen LogP contribution in [-0.2, 0) is 6.54 Å². The molecule has 1 aromatic carbocycles. The van der Waals surface area contributed by atoms with Gasteiger partial charge in [-0.2, -0.15) is 5.10 Å². The first-order chi connectivity index (χ1) is 11.7. The van der Waals surface area contributed by atoms with Gasteiger partial charge in [-0.15, -0.1) is 0 Å². The summed E-state index contributed by atoms with van der Waals surface area (Å²) in [4.78, 5) is 12.3. The number of nitrogens with zero attached hydrogens (tertiary/aromatic N) is 2. The molecule has 0 aliphatic rings. The first-order valence-corrected chi connectivity index (χ1v) is 8.63. The van der Waals surface area contributed by atoms with Crippen LogP contribution < -0.4 is 4.74 Å². The highest BCUT2D eigenvalue weighted by Crippen LogP contribution is 2.15. The molecule has 0 aliphatic carbocycles. The van der Waals surface area contributed by atoms with Crippen LogP contribution in [0.15, 0.2) is 36.5 Å². The zero-order chi connectivity index (χ0) is 17.4. The Morgan fingerprint density at radius 2 is 1.96 bits per heavy atom. The van der Waals surface area contributed by atoms with Gasteiger partial charge in [0.25, 0.3) is 0 Å². The Bertz CT molecular complexity index is 684. The van der Waals surface area contributed by atoms with Gasteiger partial charge in [-0.3, -0.25) is 9.48 Å². The molecule has 0 radical (unpaired) electrons. The minimum absolute atomic E-state index is 0.0212. The first-order valence-electron chi connectivity index (χ1n) is 8.63. The highest BCUT2D eigenvalue weighted by Gasteiger charge is 2.10. The highest BCUT2D eigenvalue weighted by molar-refractivity contribution is 6.07. The topological polar surface area (TPSA) is 44.1 Å². The van der Waals surface area contributed by atoms with Crippen molar-refractivity contribution in [3.8, 4) is 5.75 Å². The molecule has 0 spiro atoms. The molecule has 0 fully saturated rings. The summed E-state index contributed by atoms with van der Waals surface area (Å²) < 4.78 is 7.51. The number of unbranched alkanes of at least 4 members (excludes halogenated alkanes) is 2. The van der Waals surface area contributed by atoms with Gasteiger partial charge in [0.15, 0.2) is 5.78 Å². The number of aromatic nitrogens is 2. The van der Waals surface area contributed by atoms with Gasteiger partial charge in [-0.25, -0.2) is 0 Å². The summed E-state index contributed by atoms with van der Waals surface area (Å²) >= 11 is 0. The molecule has 4 heteroatoms. The van der Waals surface area contributed by atoms with Gasteiger partial charge >= 0.3 is 0 Å². The molecule has 1 heterocycles. The molecule has 0 saturated heterocycles. The van der Waals surface area contributed by atoms with Crippen molar-refractivity contribution in [2.24, 2.45) is 0 Å². The number of hydrogen-bond donors (Lipinski definition) is 0. The molecule has 0 unspecified atom stereocenters. The van der Waals surface area contributed by atoms with Gasteiger partial charge in [0.1, 0.15) is 5.75 Å². The summed E-state index contributed by atoms with van der Waals surface area (Å²) in [5.41, 5.74) is 2.54. The minimum atomic E-state index is -0.0212. The molecule has 0 bridgehead atoms. The number of ether oxygens (including phenoxy) is 1. The van der Waals surface area contributed by atoms with Crippen molar-refractivity contribution in [1.29, 1.82) is 0 Å². The lowest BCUT2D eigenvalue weighted by atomic mass is 10.1. The Kier molecular flexibility index (Phi) is 6.79. The monoisotopic (exact) mass is 326 g/mol. The number of hydrogen-bond acceptors (Lipinski definition) is 3. The number of benzene rings is 1. The highest BCUT2D eigenvalue weighted by atomic mass is 16.5. The van der Waals surface area contributed by atoms with Crippen molar-refractivity contribution in [2.75, 3.05) is 6.61 Å². The fraction of sp³-hybridized carbons (Fsp3) is 0.400. The molecule has 4 nitrogen and oxygen atoms in total. The van der Waals surface area contributed by atoms with Gasteiger partial charge in [0, 0.05) is 12.2 Å². The van der Waals surface area contributed by atoms with Crippen molar-refractivity contribution in [2.45, 2.75) is 46.6 Å². The molecular weight excluding hydrogens is 300 g/mol. The SMILES string of the molecule is CCCCCOc1ccc(/C=C/C(=O)c2cnn(CC)c2C)cc1. The smallest absolute Gasteiger partial charge is 0.189 e. The van der Waals surface area contributed by atoms with Crippen molar-refractivity contribution in [3.63, 3.8) is 0 Å². The number of allylic oxidation sites excluding steroid dienone is 1. The summed E-state index contributed by atoms with van der Waals surface area (Å²) in [6.07, 6.45) is 8.53. The van der Waals surface area contributed by atoms with Crippen LogP contribution >= 0.6 is 0 Å². The van der Waals surface area contributed by atoms with Crippen LogP contribution in [0.2, 0.25) is 0 Å². The first kappa shape index (κ1) is 18.0. The lowest BCUT2D eigenvalue weighted by Gasteiger charge is -2.05. The standard InChI is InChI=1S/C20H26N2O2/c1-4-6-7-14-24-18-11-8-17(9-12-18)10-13-20(23)19-15-21-22(5-2)16(19)3/h8-13,15H,4-7,14H2,1-3H3/b13-10+. The predicted octanol–water partition coefficient (Wildman–Crippen LogP) is 4.68. The maximum atomic E-state index is 12.3. The maximum Gasteiger partial charge on any atom is 0.189 e. The lowest BCUT2D eigenvalue weighted by molar-refractivity contribution is 0.104. The van der Waals surface area contributed by atoms with Crippen LogP contribution in [0, 0.1) is 6.92 Å². The second-order valence-electron chi connectivity index (χ2n) is 5.78. The Hall–Kier alpha value is -2.36. The van der Waals surface area contributed by atoms with E-state index in [4.69, 9.17) is 4.74 Å². The van der Waals surface area contributed by atoms with Crippen molar-refractivity contribution < 1.29 is 9.53 Å². The zero-order valence-electron chi connectivity index (χ0n) is 14.8. The van der Waals surface area contributed by atoms with E-state index in [1.165, 1.54) is 12.8 Å². The van der Waals surface area contributed by atoms with E-state index in [1.54, 1.807) is 12.3 Å². The molecule has 0 amide bonds. The zero-order valence-corrected chi connectivity index (χ0v) is 14.8. The van der Waals surface area contributed by atoms with Crippen LogP contribution in [-0.4, -0.2) is 22.2 Å². The fourth-order valence-corrected chi connectivity index (χ4v) is 2.49. The maximum absolute atomic E-state index is 12.3. The Morgan fingerprint density at radius 1 is 1.21 bits per heavy atom. The molecular formula is C20H26N2O2. The quantitative estimate of drug-likeness (QED) is 0.382. The summed E-state index contributed by atoms with van der Waals surface area (Å²) in [6, 6.07) is 7.80. The van der Waals surface area contributed by atoms with Crippen LogP contribution in [0.1, 0.15) is 54.7 Å². The Morgan fingerprint density at radius 3 is 2.58 bits per heavy atom. The van der Waals surface area contributed by atoms with Crippen LogP contribution in [0.25, 0.3) is 6.08 Å². The van der Waals surface area contributed by atoms with Gasteiger partial charge < -0.3 is 4.74 Å². The number of rotatable bonds is 9. The molecule has 0 aliphatic heterocycles. The predicted molar refractivity (Wildman–Crippen MR) is 97.5 cm³/mol. The van der Waals surface area contributed by atoms with E-state index in [-0.39, 0.29) is 5.78 Å². The average Bonchev–Trinajstić information content (AvgIpc) is 2.98. The van der Waals surface area contributed by atoms with E-state index in [1.807, 2.05) is 48.9 Å². The number of carbonyl (C=O) groups is 1. The molecule has 0 atom stereocenters. The van der Waals surface area contributed by atoms with Crippen LogP contribution in [0.5, 0.6) is 5.75 Å². The second-order valence-corrected chi connectivity index (χ2v) is 5.78. The molecule has 24 heavy (non-hydrogen) atoms. The van der Waals surface area contributed by atoms with Gasteiger partial charge in [0.2, 0.25) is 0 Å². The number of carbonyl (C=O) groups excluding carboxylic acids is 1. The minimum Gasteiger partial charge on any atom is -0.494 e. The summed E-state index contributed by atoms with van der Waals surface area (Å²) in [5.74, 6) is 0.849. The third-order valence-corrected chi connectivity index (χ3v) is 3.99. The van der Waals surface area contributed by atoms with Crippen molar-refractivity contribution >= 4 is 11.9 Å². The molecule has 2 rings (SSSR count). The van der Waals surface area contributed by atoms with E-state index in [0.29, 0.717) is 5.56 Å². The van der Waals surface area contributed by atoms with Crippen LogP contribution in [0.4, 0.5) is 0 Å². The molecule has 2 aromatic rings. The van der Waals surface area contributed by atoms with Gasteiger partial charge in [-0.05, 0) is 44.0 Å². The van der Waals surface area contributed by atoms with Gasteiger partial charge in [0.05, 0.1) is 18.4 Å². The van der Waals surface area contributed by atoms with Crippen molar-refractivity contribution in [3.05, 3.63) is 53.4 Å². The Balaban J connectivity index is 1.93. The third kappa shape index (κ3) is 4.82. The molecule has 1 aromatic heterocycles. The van der Waals surface area contributed by atoms with Crippen LogP contribution in [0.3, 0.4) is 0 Å². The van der Waals surface area contributed by atoms with E-state index >= 15 is 0 Å². The summed E-state index contributed by atoms with van der Waals surface area (Å²) in [7, 11) is 0. The molecule has 0 saturated carbocycles. The molecule has 0 N–H and O–H groups in total.